The second-order valence-electron chi connectivity index (χ2n) is 4.31. The minimum absolute atomic E-state index is 0.296. The molecule has 102 valence electrons. The number of hydrogen-bond acceptors (Lipinski definition) is 2. The lowest BCUT2D eigenvalue weighted by Crippen LogP contribution is -2.14. The predicted molar refractivity (Wildman–Crippen MR) is 59.8 cm³/mol. The van der Waals surface area contributed by atoms with E-state index in [4.69, 9.17) is 4.74 Å². The fourth-order valence-electron chi connectivity index (χ4n) is 1.49. The van der Waals surface area contributed by atoms with Crippen LogP contribution in [0.3, 0.4) is 0 Å². The molecule has 0 radical (unpaired) electrons. The Morgan fingerprint density at radius 3 is 2.47 bits per heavy atom. The van der Waals surface area contributed by atoms with Crippen molar-refractivity contribution in [1.82, 2.24) is 0 Å². The van der Waals surface area contributed by atoms with Gasteiger partial charge in [-0.2, -0.15) is 13.2 Å². The summed E-state index contributed by atoms with van der Waals surface area (Å²) in [6, 6.07) is 2.52. The van der Waals surface area contributed by atoms with Gasteiger partial charge in [0.2, 0.25) is 0 Å². The molecular weight excluding hydrogens is 264 g/mol. The van der Waals surface area contributed by atoms with Crippen molar-refractivity contribution in [3.63, 3.8) is 0 Å². The second-order valence-corrected chi connectivity index (χ2v) is 4.31. The Kier molecular flexibility index (Phi) is 3.34. The number of esters is 1. The maximum atomic E-state index is 13.1. The second kappa shape index (κ2) is 4.68. The smallest absolute Gasteiger partial charge is 0.416 e. The van der Waals surface area contributed by atoms with E-state index < -0.39 is 34.8 Å². The van der Waals surface area contributed by atoms with Crippen molar-refractivity contribution in [2.24, 2.45) is 5.92 Å². The van der Waals surface area contributed by atoms with Crippen LogP contribution in [-0.2, 0) is 4.79 Å². The van der Waals surface area contributed by atoms with Gasteiger partial charge in [0.05, 0.1) is 11.5 Å². The molecule has 0 atom stereocenters. The largest absolute Gasteiger partial charge is 0.426 e. The van der Waals surface area contributed by atoms with Crippen LogP contribution in [0.1, 0.15) is 18.4 Å². The fourth-order valence-corrected chi connectivity index (χ4v) is 1.49. The highest BCUT2D eigenvalue weighted by Gasteiger charge is 2.36. The summed E-state index contributed by atoms with van der Waals surface area (Å²) in [4.78, 5) is 11.5. The van der Waals surface area contributed by atoms with Crippen LogP contribution in [0.15, 0.2) is 24.8 Å². The van der Waals surface area contributed by atoms with Crippen LogP contribution in [-0.4, -0.2) is 12.1 Å². The third kappa shape index (κ3) is 3.13. The first-order valence-electron chi connectivity index (χ1n) is 5.57. The quantitative estimate of drug-likeness (QED) is 0.477. The van der Waals surface area contributed by atoms with Gasteiger partial charge in [0, 0.05) is 11.6 Å². The van der Waals surface area contributed by atoms with Crippen LogP contribution in [0.25, 0.3) is 5.57 Å². The topological polar surface area (TPSA) is 26.3 Å². The standard InChI is InChI=1S/C13H10F4O2/c1-7(13(15,16)17)10-5-4-9(14)6-11(10)19-12(18)8-2-3-8/h4-6,8H,1-3H2. The molecule has 0 amide bonds. The molecule has 2 nitrogen and oxygen atoms in total. The molecule has 1 fully saturated rings. The predicted octanol–water partition coefficient (Wildman–Crippen LogP) is 3.72. The van der Waals surface area contributed by atoms with Gasteiger partial charge in [0.1, 0.15) is 11.6 Å². The Balaban J connectivity index is 2.32. The lowest BCUT2D eigenvalue weighted by molar-refractivity contribution is -0.135. The minimum atomic E-state index is -4.67. The van der Waals surface area contributed by atoms with E-state index in [1.54, 1.807) is 0 Å². The summed E-state index contributed by atoms with van der Waals surface area (Å²) in [5, 5.41) is 0. The van der Waals surface area contributed by atoms with Crippen LogP contribution in [0.2, 0.25) is 0 Å². The lowest BCUT2D eigenvalue weighted by Gasteiger charge is -2.14. The van der Waals surface area contributed by atoms with Crippen LogP contribution < -0.4 is 4.74 Å². The highest BCUT2D eigenvalue weighted by molar-refractivity contribution is 5.80. The van der Waals surface area contributed by atoms with Crippen molar-refractivity contribution >= 4 is 11.5 Å². The highest BCUT2D eigenvalue weighted by atomic mass is 19.4. The van der Waals surface area contributed by atoms with Crippen molar-refractivity contribution in [1.29, 1.82) is 0 Å². The van der Waals surface area contributed by atoms with Gasteiger partial charge in [-0.05, 0) is 25.0 Å². The first kappa shape index (κ1) is 13.6. The molecule has 0 N–H and O–H groups in total. The molecule has 2 rings (SSSR count). The Morgan fingerprint density at radius 2 is 1.95 bits per heavy atom. The summed E-state index contributed by atoms with van der Waals surface area (Å²) < 4.78 is 55.7. The molecule has 0 aliphatic heterocycles. The number of alkyl halides is 3. The molecule has 6 heteroatoms. The van der Waals surface area contributed by atoms with E-state index in [-0.39, 0.29) is 5.92 Å². The summed E-state index contributed by atoms with van der Waals surface area (Å²) in [6.45, 7) is 2.92. The van der Waals surface area contributed by atoms with Gasteiger partial charge in [0.25, 0.3) is 0 Å². The highest BCUT2D eigenvalue weighted by Crippen LogP contribution is 2.38. The molecule has 1 aromatic rings. The molecular formula is C13H10F4O2. The van der Waals surface area contributed by atoms with Crippen LogP contribution in [0.5, 0.6) is 5.75 Å². The van der Waals surface area contributed by atoms with Gasteiger partial charge in [0.15, 0.2) is 0 Å². The van der Waals surface area contributed by atoms with Crippen molar-refractivity contribution in [2.45, 2.75) is 19.0 Å². The zero-order valence-corrected chi connectivity index (χ0v) is 9.76. The molecule has 1 aromatic carbocycles. The minimum Gasteiger partial charge on any atom is -0.426 e. The fraction of sp³-hybridized carbons (Fsp3) is 0.308. The number of carbonyl (C=O) groups excluding carboxylic acids is 1. The van der Waals surface area contributed by atoms with E-state index in [1.807, 2.05) is 0 Å². The molecule has 1 saturated carbocycles. The van der Waals surface area contributed by atoms with E-state index in [0.29, 0.717) is 12.8 Å². The third-order valence-corrected chi connectivity index (χ3v) is 2.73. The molecule has 1 aliphatic carbocycles. The molecule has 1 aliphatic rings. The number of rotatable bonds is 3. The molecule has 0 unspecified atom stereocenters. The van der Waals surface area contributed by atoms with Crippen LogP contribution >= 0.6 is 0 Å². The number of ether oxygens (including phenoxy) is 1. The van der Waals surface area contributed by atoms with Crippen molar-refractivity contribution in [2.75, 3.05) is 0 Å². The van der Waals surface area contributed by atoms with Gasteiger partial charge in [-0.25, -0.2) is 4.39 Å². The van der Waals surface area contributed by atoms with E-state index in [1.165, 1.54) is 0 Å². The van der Waals surface area contributed by atoms with E-state index in [9.17, 15) is 22.4 Å². The zero-order chi connectivity index (χ0) is 14.2. The van der Waals surface area contributed by atoms with Gasteiger partial charge in [-0.15, -0.1) is 0 Å². The number of carbonyl (C=O) groups is 1. The molecule has 19 heavy (non-hydrogen) atoms. The Labute approximate surface area is 106 Å². The van der Waals surface area contributed by atoms with Crippen molar-refractivity contribution < 1.29 is 27.1 Å². The van der Waals surface area contributed by atoms with Gasteiger partial charge in [-0.1, -0.05) is 6.58 Å². The number of halogens is 4. The number of benzene rings is 1. The molecule has 0 aromatic heterocycles. The van der Waals surface area contributed by atoms with E-state index in [2.05, 4.69) is 6.58 Å². The lowest BCUT2D eigenvalue weighted by atomic mass is 10.1. The maximum Gasteiger partial charge on any atom is 0.416 e. The van der Waals surface area contributed by atoms with Gasteiger partial charge in [-0.3, -0.25) is 4.79 Å². The third-order valence-electron chi connectivity index (χ3n) is 2.73. The van der Waals surface area contributed by atoms with E-state index >= 15 is 0 Å². The van der Waals surface area contributed by atoms with Crippen LogP contribution in [0.4, 0.5) is 17.6 Å². The summed E-state index contributed by atoms with van der Waals surface area (Å²) in [6.07, 6.45) is -3.38. The molecule has 0 heterocycles. The summed E-state index contributed by atoms with van der Waals surface area (Å²) >= 11 is 0. The molecule has 0 saturated heterocycles. The summed E-state index contributed by atoms with van der Waals surface area (Å²) in [7, 11) is 0. The maximum absolute atomic E-state index is 13.1. The van der Waals surface area contributed by atoms with Crippen LogP contribution in [0, 0.1) is 11.7 Å². The molecule has 0 spiro atoms. The average molecular weight is 274 g/mol. The SMILES string of the molecule is C=C(c1ccc(F)cc1OC(=O)C1CC1)C(F)(F)F. The van der Waals surface area contributed by atoms with Gasteiger partial charge < -0.3 is 4.74 Å². The zero-order valence-electron chi connectivity index (χ0n) is 9.76. The van der Waals surface area contributed by atoms with Crippen molar-refractivity contribution in [3.8, 4) is 5.75 Å². The Bertz CT molecular complexity index is 530. The Morgan fingerprint density at radius 1 is 1.32 bits per heavy atom. The number of allylic oxidation sites excluding steroid dienone is 1. The normalized spacial score (nSPS) is 15.2. The monoisotopic (exact) mass is 274 g/mol. The first-order valence-corrected chi connectivity index (χ1v) is 5.57. The van der Waals surface area contributed by atoms with E-state index in [0.717, 1.165) is 18.2 Å². The average Bonchev–Trinajstić information content (AvgIpc) is 3.10. The summed E-state index contributed by atoms with van der Waals surface area (Å²) in [5.74, 6) is -2.16. The van der Waals surface area contributed by atoms with Gasteiger partial charge >= 0.3 is 12.1 Å². The van der Waals surface area contributed by atoms with Crippen molar-refractivity contribution in [3.05, 3.63) is 36.2 Å². The number of hydrogen-bond donors (Lipinski definition) is 0. The molecule has 0 bridgehead atoms. The summed E-state index contributed by atoms with van der Waals surface area (Å²) in [5.41, 5.74) is -1.60. The Hall–Kier alpha value is -1.85. The first-order chi connectivity index (χ1) is 8.79.